The van der Waals surface area contributed by atoms with Crippen LogP contribution in [0.25, 0.3) is 0 Å². The summed E-state index contributed by atoms with van der Waals surface area (Å²) >= 11 is 3.43. The van der Waals surface area contributed by atoms with E-state index in [4.69, 9.17) is 9.05 Å². The molecule has 0 fully saturated rings. The molecule has 80 valence electrons. The zero-order valence-electron chi connectivity index (χ0n) is 8.42. The fourth-order valence-corrected chi connectivity index (χ4v) is 1.87. The van der Waals surface area contributed by atoms with Gasteiger partial charge in [-0.05, 0) is 13.3 Å². The van der Waals surface area contributed by atoms with Gasteiger partial charge in [0.2, 0.25) is 0 Å². The Balaban J connectivity index is 3.71. The van der Waals surface area contributed by atoms with Gasteiger partial charge in [-0.1, -0.05) is 29.8 Å². The van der Waals surface area contributed by atoms with Crippen LogP contribution in [0, 0.1) is 5.41 Å². The summed E-state index contributed by atoms with van der Waals surface area (Å²) in [5.41, 5.74) is 0.0837. The molecule has 0 aromatic heterocycles. The fraction of sp³-hybridized carbons (Fsp3) is 1.00. The Morgan fingerprint density at radius 3 is 2.38 bits per heavy atom. The van der Waals surface area contributed by atoms with Crippen LogP contribution in [0.4, 0.5) is 0 Å². The van der Waals surface area contributed by atoms with E-state index in [-0.39, 0.29) is 5.41 Å². The van der Waals surface area contributed by atoms with Crippen molar-refractivity contribution in [1.29, 1.82) is 0 Å². The monoisotopic (exact) mass is 272 g/mol. The van der Waals surface area contributed by atoms with E-state index in [0.717, 1.165) is 11.8 Å². The molecule has 5 heteroatoms. The van der Waals surface area contributed by atoms with Crippen LogP contribution >= 0.6 is 24.5 Å². The zero-order valence-corrected chi connectivity index (χ0v) is 10.9. The van der Waals surface area contributed by atoms with E-state index in [0.29, 0.717) is 13.2 Å². The van der Waals surface area contributed by atoms with Gasteiger partial charge < -0.3 is 13.9 Å². The first-order valence-electron chi connectivity index (χ1n) is 4.38. The van der Waals surface area contributed by atoms with Crippen molar-refractivity contribution in [2.45, 2.75) is 27.2 Å². The molecule has 13 heavy (non-hydrogen) atoms. The number of rotatable bonds is 7. The van der Waals surface area contributed by atoms with E-state index in [9.17, 15) is 4.89 Å². The van der Waals surface area contributed by atoms with Crippen LogP contribution in [-0.2, 0) is 9.05 Å². The molecule has 0 saturated carbocycles. The van der Waals surface area contributed by atoms with Crippen LogP contribution in [0.5, 0.6) is 0 Å². The third-order valence-corrected chi connectivity index (χ3v) is 4.12. The summed E-state index contributed by atoms with van der Waals surface area (Å²) in [6.45, 7) is 7.05. The van der Waals surface area contributed by atoms with Gasteiger partial charge >= 0.3 is 8.60 Å². The van der Waals surface area contributed by atoms with Crippen molar-refractivity contribution in [2.24, 2.45) is 5.41 Å². The molecule has 0 aliphatic heterocycles. The number of hydrogen-bond acceptors (Lipinski definition) is 3. The molecule has 0 radical (unpaired) electrons. The number of hydrogen-bond donors (Lipinski definition) is 1. The van der Waals surface area contributed by atoms with Crippen LogP contribution in [-0.4, -0.2) is 23.4 Å². The van der Waals surface area contributed by atoms with Crippen molar-refractivity contribution < 1.29 is 13.9 Å². The summed E-state index contributed by atoms with van der Waals surface area (Å²) in [5.74, 6) is 0. The summed E-state index contributed by atoms with van der Waals surface area (Å²) in [5, 5.41) is 0.867. The molecule has 0 aromatic rings. The summed E-state index contributed by atoms with van der Waals surface area (Å²) in [4.78, 5) is 9.21. The minimum atomic E-state index is -1.68. The van der Waals surface area contributed by atoms with Gasteiger partial charge in [0.05, 0.1) is 13.2 Å². The Labute approximate surface area is 89.9 Å². The normalized spacial score (nSPS) is 18.2. The van der Waals surface area contributed by atoms with E-state index < -0.39 is 8.60 Å². The second-order valence-corrected chi connectivity index (χ2v) is 4.78. The van der Waals surface area contributed by atoms with Crippen molar-refractivity contribution >= 4 is 24.5 Å². The van der Waals surface area contributed by atoms with Crippen molar-refractivity contribution in [3.05, 3.63) is 0 Å². The maximum atomic E-state index is 9.21. The highest BCUT2D eigenvalue weighted by Gasteiger charge is 2.22. The van der Waals surface area contributed by atoms with E-state index in [2.05, 4.69) is 29.8 Å². The van der Waals surface area contributed by atoms with Gasteiger partial charge in [-0.2, -0.15) is 0 Å². The maximum Gasteiger partial charge on any atom is 0.329 e. The Kier molecular flexibility index (Phi) is 7.56. The van der Waals surface area contributed by atoms with Gasteiger partial charge in [0.1, 0.15) is 0 Å². The maximum absolute atomic E-state index is 9.21. The van der Waals surface area contributed by atoms with Gasteiger partial charge in [0.15, 0.2) is 0 Å². The Morgan fingerprint density at radius 1 is 1.38 bits per heavy atom. The van der Waals surface area contributed by atoms with Crippen LogP contribution in [0.3, 0.4) is 0 Å². The summed E-state index contributed by atoms with van der Waals surface area (Å²) in [7, 11) is -1.68. The van der Waals surface area contributed by atoms with Crippen molar-refractivity contribution in [3.8, 4) is 0 Å². The lowest BCUT2D eigenvalue weighted by molar-refractivity contribution is 0.141. The van der Waals surface area contributed by atoms with Gasteiger partial charge in [-0.25, -0.2) is 0 Å². The first-order valence-corrected chi connectivity index (χ1v) is 6.64. The van der Waals surface area contributed by atoms with Crippen molar-refractivity contribution in [1.82, 2.24) is 0 Å². The Hall–Kier alpha value is 0.790. The highest BCUT2D eigenvalue weighted by molar-refractivity contribution is 9.09. The highest BCUT2D eigenvalue weighted by atomic mass is 79.9. The highest BCUT2D eigenvalue weighted by Crippen LogP contribution is 2.36. The molecule has 0 aromatic carbocycles. The van der Waals surface area contributed by atoms with Gasteiger partial charge in [0.25, 0.3) is 0 Å². The molecule has 3 nitrogen and oxygen atoms in total. The van der Waals surface area contributed by atoms with E-state index in [1.807, 2.05) is 6.92 Å². The lowest BCUT2D eigenvalue weighted by Crippen LogP contribution is -2.23. The standard InChI is InChI=1S/C8H18BrO3P/c1-4-8(3,6-9)7-12-13(10)11-5-2/h10H,4-7H2,1-3H3. The topological polar surface area (TPSA) is 38.7 Å². The summed E-state index contributed by atoms with van der Waals surface area (Å²) in [6, 6.07) is 0. The van der Waals surface area contributed by atoms with Crippen LogP contribution in [0.2, 0.25) is 0 Å². The second kappa shape index (κ2) is 7.13. The first-order chi connectivity index (χ1) is 6.08. The van der Waals surface area contributed by atoms with Crippen LogP contribution < -0.4 is 0 Å². The predicted molar refractivity (Wildman–Crippen MR) is 58.9 cm³/mol. The molecule has 0 amide bonds. The molecular formula is C8H18BrO3P. The van der Waals surface area contributed by atoms with E-state index in [1.165, 1.54) is 0 Å². The SMILES string of the molecule is CCOP(O)OCC(C)(CC)CBr. The molecule has 0 saturated heterocycles. The molecule has 2 unspecified atom stereocenters. The van der Waals surface area contributed by atoms with Crippen LogP contribution in [0.15, 0.2) is 0 Å². The lowest BCUT2D eigenvalue weighted by Gasteiger charge is -2.25. The largest absolute Gasteiger partial charge is 0.329 e. The summed E-state index contributed by atoms with van der Waals surface area (Å²) in [6.07, 6.45) is 1.01. The quantitative estimate of drug-likeness (QED) is 0.572. The lowest BCUT2D eigenvalue weighted by atomic mass is 9.92. The Morgan fingerprint density at radius 2 is 2.00 bits per heavy atom. The molecule has 0 aliphatic carbocycles. The molecule has 1 N–H and O–H groups in total. The minimum Gasteiger partial charge on any atom is -0.328 e. The number of halogens is 1. The van der Waals surface area contributed by atoms with E-state index >= 15 is 0 Å². The second-order valence-electron chi connectivity index (χ2n) is 3.23. The molecular weight excluding hydrogens is 255 g/mol. The van der Waals surface area contributed by atoms with Crippen molar-refractivity contribution in [3.63, 3.8) is 0 Å². The number of alkyl halides is 1. The molecule has 0 aliphatic rings. The Bertz CT molecular complexity index is 131. The summed E-state index contributed by atoms with van der Waals surface area (Å²) < 4.78 is 10.1. The molecule has 2 atom stereocenters. The van der Waals surface area contributed by atoms with Gasteiger partial charge in [0, 0.05) is 10.7 Å². The molecule has 0 spiro atoms. The van der Waals surface area contributed by atoms with Gasteiger partial charge in [-0.15, -0.1) is 0 Å². The smallest absolute Gasteiger partial charge is 0.328 e. The molecule has 0 bridgehead atoms. The predicted octanol–water partition coefficient (Wildman–Crippen LogP) is 3.07. The third kappa shape index (κ3) is 5.97. The molecule has 0 rings (SSSR count). The van der Waals surface area contributed by atoms with Crippen molar-refractivity contribution in [2.75, 3.05) is 18.5 Å². The minimum absolute atomic E-state index is 0.0837. The van der Waals surface area contributed by atoms with Crippen LogP contribution in [0.1, 0.15) is 27.2 Å². The third-order valence-electron chi connectivity index (χ3n) is 1.94. The van der Waals surface area contributed by atoms with E-state index in [1.54, 1.807) is 0 Å². The molecule has 0 heterocycles. The zero-order chi connectivity index (χ0) is 10.3. The average molecular weight is 273 g/mol. The van der Waals surface area contributed by atoms with Gasteiger partial charge in [-0.3, -0.25) is 0 Å². The fourth-order valence-electron chi connectivity index (χ4n) is 0.594. The average Bonchev–Trinajstić information content (AvgIpc) is 2.15. The first kappa shape index (κ1) is 13.8.